The molecule has 2 atom stereocenters. The first kappa shape index (κ1) is 16.7. The largest absolute Gasteiger partial charge is 0.352 e. The van der Waals surface area contributed by atoms with Crippen LogP contribution in [0.3, 0.4) is 0 Å². The van der Waals surface area contributed by atoms with Gasteiger partial charge in [-0.2, -0.15) is 0 Å². The molecule has 1 fully saturated rings. The fraction of sp³-hybridized carbons (Fsp3) is 0.923. The van der Waals surface area contributed by atoms with Crippen molar-refractivity contribution < 1.29 is 4.79 Å². The second-order valence-corrected chi connectivity index (χ2v) is 5.29. The van der Waals surface area contributed by atoms with E-state index in [0.29, 0.717) is 6.54 Å². The lowest BCUT2D eigenvalue weighted by molar-refractivity contribution is -0.125. The standard InChI is InChI=1S/C13H26N2O.ClH/c1-10(13(16)15-11(2)9-14)8-12-6-4-3-5-7-12;/h10-12H,3-9,14H2,1-2H3,(H,15,16);1H/t10?,11-;/m0./s1. The van der Waals surface area contributed by atoms with Crippen molar-refractivity contribution in [2.75, 3.05) is 6.54 Å². The molecular weight excluding hydrogens is 236 g/mol. The predicted molar refractivity (Wildman–Crippen MR) is 74.3 cm³/mol. The van der Waals surface area contributed by atoms with Crippen LogP contribution in [-0.2, 0) is 4.79 Å². The van der Waals surface area contributed by atoms with Crippen LogP contribution in [-0.4, -0.2) is 18.5 Å². The van der Waals surface area contributed by atoms with E-state index in [1.54, 1.807) is 0 Å². The summed E-state index contributed by atoms with van der Waals surface area (Å²) in [6.45, 7) is 4.50. The van der Waals surface area contributed by atoms with Crippen molar-refractivity contribution in [3.8, 4) is 0 Å². The van der Waals surface area contributed by atoms with Crippen LogP contribution in [0.1, 0.15) is 52.4 Å². The zero-order valence-electron chi connectivity index (χ0n) is 11.1. The third-order valence-electron chi connectivity index (χ3n) is 3.60. The topological polar surface area (TPSA) is 55.1 Å². The number of hydrogen-bond acceptors (Lipinski definition) is 2. The fourth-order valence-corrected chi connectivity index (χ4v) is 2.47. The monoisotopic (exact) mass is 262 g/mol. The Balaban J connectivity index is 0.00000256. The van der Waals surface area contributed by atoms with Crippen LogP contribution in [0.25, 0.3) is 0 Å². The lowest BCUT2D eigenvalue weighted by Gasteiger charge is -2.24. The normalized spacial score (nSPS) is 20.2. The number of carbonyl (C=O) groups excluding carboxylic acids is 1. The van der Waals surface area contributed by atoms with Gasteiger partial charge in [0, 0.05) is 18.5 Å². The van der Waals surface area contributed by atoms with Crippen molar-refractivity contribution in [3.63, 3.8) is 0 Å². The molecule has 0 heterocycles. The molecular formula is C13H27ClN2O. The van der Waals surface area contributed by atoms with Crippen LogP contribution in [0.5, 0.6) is 0 Å². The van der Waals surface area contributed by atoms with Gasteiger partial charge in [0.2, 0.25) is 5.91 Å². The molecule has 1 amide bonds. The minimum Gasteiger partial charge on any atom is -0.352 e. The molecule has 17 heavy (non-hydrogen) atoms. The summed E-state index contributed by atoms with van der Waals surface area (Å²) in [6.07, 6.45) is 7.73. The molecule has 0 aromatic heterocycles. The van der Waals surface area contributed by atoms with E-state index in [4.69, 9.17) is 5.73 Å². The van der Waals surface area contributed by atoms with Gasteiger partial charge in [-0.15, -0.1) is 12.4 Å². The smallest absolute Gasteiger partial charge is 0.223 e. The Labute approximate surface area is 111 Å². The molecule has 3 N–H and O–H groups in total. The minimum atomic E-state index is 0. The average Bonchev–Trinajstić information content (AvgIpc) is 2.30. The van der Waals surface area contributed by atoms with Crippen LogP contribution in [0, 0.1) is 11.8 Å². The van der Waals surface area contributed by atoms with E-state index in [-0.39, 0.29) is 30.3 Å². The van der Waals surface area contributed by atoms with Gasteiger partial charge in [-0.05, 0) is 19.3 Å². The van der Waals surface area contributed by atoms with Crippen molar-refractivity contribution in [1.29, 1.82) is 0 Å². The Hall–Kier alpha value is -0.280. The van der Waals surface area contributed by atoms with Gasteiger partial charge < -0.3 is 11.1 Å². The number of carbonyl (C=O) groups is 1. The molecule has 0 radical (unpaired) electrons. The lowest BCUT2D eigenvalue weighted by atomic mass is 9.83. The highest BCUT2D eigenvalue weighted by atomic mass is 35.5. The summed E-state index contributed by atoms with van der Waals surface area (Å²) < 4.78 is 0. The molecule has 3 nitrogen and oxygen atoms in total. The zero-order chi connectivity index (χ0) is 12.0. The summed E-state index contributed by atoms with van der Waals surface area (Å²) in [4.78, 5) is 11.8. The third-order valence-corrected chi connectivity index (χ3v) is 3.60. The molecule has 1 unspecified atom stereocenters. The summed E-state index contributed by atoms with van der Waals surface area (Å²) in [5.74, 6) is 1.07. The Morgan fingerprint density at radius 3 is 2.41 bits per heavy atom. The van der Waals surface area contributed by atoms with Crippen LogP contribution >= 0.6 is 12.4 Å². The Morgan fingerprint density at radius 2 is 1.88 bits per heavy atom. The maximum Gasteiger partial charge on any atom is 0.223 e. The van der Waals surface area contributed by atoms with Gasteiger partial charge in [0.1, 0.15) is 0 Å². The molecule has 1 saturated carbocycles. The molecule has 4 heteroatoms. The highest BCUT2D eigenvalue weighted by Gasteiger charge is 2.21. The van der Waals surface area contributed by atoms with Crippen molar-refractivity contribution in [3.05, 3.63) is 0 Å². The molecule has 102 valence electrons. The van der Waals surface area contributed by atoms with E-state index in [2.05, 4.69) is 5.32 Å². The molecule has 0 aromatic carbocycles. The van der Waals surface area contributed by atoms with Gasteiger partial charge >= 0.3 is 0 Å². The molecule has 0 saturated heterocycles. The molecule has 0 bridgehead atoms. The number of rotatable bonds is 5. The zero-order valence-corrected chi connectivity index (χ0v) is 11.9. The van der Waals surface area contributed by atoms with Gasteiger partial charge in [0.05, 0.1) is 0 Å². The molecule has 0 spiro atoms. The van der Waals surface area contributed by atoms with Gasteiger partial charge in [-0.1, -0.05) is 39.0 Å². The minimum absolute atomic E-state index is 0. The van der Waals surface area contributed by atoms with Crippen molar-refractivity contribution in [1.82, 2.24) is 5.32 Å². The molecule has 1 rings (SSSR count). The van der Waals surface area contributed by atoms with Gasteiger partial charge in [0.25, 0.3) is 0 Å². The number of halogens is 1. The number of hydrogen-bond donors (Lipinski definition) is 2. The van der Waals surface area contributed by atoms with Crippen molar-refractivity contribution in [2.24, 2.45) is 17.6 Å². The summed E-state index contributed by atoms with van der Waals surface area (Å²) in [6, 6.07) is 0.0984. The van der Waals surface area contributed by atoms with E-state index < -0.39 is 0 Å². The molecule has 0 aliphatic heterocycles. The summed E-state index contributed by atoms with van der Waals surface area (Å²) in [5, 5.41) is 2.95. The maximum atomic E-state index is 11.8. The second-order valence-electron chi connectivity index (χ2n) is 5.29. The lowest BCUT2D eigenvalue weighted by Crippen LogP contribution is -2.41. The fourth-order valence-electron chi connectivity index (χ4n) is 2.47. The first-order valence-corrected chi connectivity index (χ1v) is 6.64. The molecule has 1 aliphatic carbocycles. The first-order valence-electron chi connectivity index (χ1n) is 6.64. The SMILES string of the molecule is CC(CC1CCCCC1)C(=O)N[C@@H](C)CN.Cl. The summed E-state index contributed by atoms with van der Waals surface area (Å²) in [7, 11) is 0. The Kier molecular flexibility index (Phi) is 8.61. The number of amides is 1. The summed E-state index contributed by atoms with van der Waals surface area (Å²) in [5.41, 5.74) is 5.49. The highest BCUT2D eigenvalue weighted by molar-refractivity contribution is 5.85. The van der Waals surface area contributed by atoms with Crippen molar-refractivity contribution >= 4 is 18.3 Å². The van der Waals surface area contributed by atoms with Gasteiger partial charge in [-0.3, -0.25) is 4.79 Å². The Bertz CT molecular complexity index is 217. The first-order chi connectivity index (χ1) is 7.63. The highest BCUT2D eigenvalue weighted by Crippen LogP contribution is 2.28. The molecule has 1 aliphatic rings. The second kappa shape index (κ2) is 8.76. The average molecular weight is 263 g/mol. The molecule has 0 aromatic rings. The van der Waals surface area contributed by atoms with Gasteiger partial charge in [-0.25, -0.2) is 0 Å². The van der Waals surface area contributed by atoms with Crippen LogP contribution in [0.4, 0.5) is 0 Å². The number of nitrogens with one attached hydrogen (secondary N) is 1. The van der Waals surface area contributed by atoms with Crippen LogP contribution in [0.15, 0.2) is 0 Å². The van der Waals surface area contributed by atoms with E-state index in [1.807, 2.05) is 13.8 Å². The van der Waals surface area contributed by atoms with E-state index in [0.717, 1.165) is 12.3 Å². The van der Waals surface area contributed by atoms with E-state index >= 15 is 0 Å². The maximum absolute atomic E-state index is 11.8. The van der Waals surface area contributed by atoms with E-state index in [1.165, 1.54) is 32.1 Å². The van der Waals surface area contributed by atoms with Crippen molar-refractivity contribution in [2.45, 2.75) is 58.4 Å². The van der Waals surface area contributed by atoms with Crippen LogP contribution in [0.2, 0.25) is 0 Å². The quantitative estimate of drug-likeness (QED) is 0.800. The van der Waals surface area contributed by atoms with Gasteiger partial charge in [0.15, 0.2) is 0 Å². The predicted octanol–water partition coefficient (Wildman–Crippen LogP) is 2.48. The Morgan fingerprint density at radius 1 is 1.29 bits per heavy atom. The van der Waals surface area contributed by atoms with E-state index in [9.17, 15) is 4.79 Å². The number of nitrogens with two attached hydrogens (primary N) is 1. The van der Waals surface area contributed by atoms with Crippen LogP contribution < -0.4 is 11.1 Å². The third kappa shape index (κ3) is 6.27. The summed E-state index contributed by atoms with van der Waals surface area (Å²) >= 11 is 0.